The molecule has 0 saturated heterocycles. The average molecular weight is 371 g/mol. The maximum absolute atomic E-state index is 5.93. The van der Waals surface area contributed by atoms with Crippen molar-refractivity contribution >= 4 is 16.5 Å². The summed E-state index contributed by atoms with van der Waals surface area (Å²) in [5.41, 5.74) is 9.25. The number of nitrogen functional groups attached to an aromatic ring is 1. The fourth-order valence-corrected chi connectivity index (χ4v) is 3.66. The van der Waals surface area contributed by atoms with Crippen LogP contribution in [0.2, 0.25) is 0 Å². The Balaban J connectivity index is 2.01. The molecule has 1 heterocycles. The summed E-state index contributed by atoms with van der Waals surface area (Å²) in [4.78, 5) is 3.28. The molecule has 3 aromatic rings. The number of rotatable bonds is 7. The molecular weight excluding hydrogens is 348 g/mol. The Labute approximate surface area is 157 Å². The number of hydrogen-bond donors (Lipinski definition) is 1. The number of aromatic amines is 1. The van der Waals surface area contributed by atoms with Crippen molar-refractivity contribution in [2.75, 3.05) is 27.1 Å². The third kappa shape index (κ3) is 3.91. The van der Waals surface area contributed by atoms with E-state index in [1.165, 1.54) is 16.9 Å². The smallest absolute Gasteiger partial charge is 0.329 e. The average Bonchev–Trinajstić information content (AvgIpc) is 3.12. The molecule has 0 amide bonds. The van der Waals surface area contributed by atoms with Gasteiger partial charge >= 0.3 is 5.13 Å². The second-order valence-corrected chi connectivity index (χ2v) is 6.80. The fourth-order valence-electron chi connectivity index (χ4n) is 3.00. The van der Waals surface area contributed by atoms with E-state index in [0.717, 1.165) is 34.9 Å². The van der Waals surface area contributed by atoms with Gasteiger partial charge in [0.25, 0.3) is 0 Å². The summed E-state index contributed by atoms with van der Waals surface area (Å²) in [7, 11) is 5.02. The standard InChI is InChI=1S/C20H22N2O3S/c1-23-15-6-4-13(5-7-15)17(18-12-26-20(21)22-18)11-14-10-16(24-2)8-9-19(14)25-3/h4-10,12,17H,11H2,1-3H3,(H2,21,22)/p+1. The summed E-state index contributed by atoms with van der Waals surface area (Å²) in [5.74, 6) is 2.59. The first-order valence-electron chi connectivity index (χ1n) is 8.25. The van der Waals surface area contributed by atoms with Crippen molar-refractivity contribution in [2.24, 2.45) is 0 Å². The molecule has 1 unspecified atom stereocenters. The number of nitrogens with two attached hydrogens (primary N) is 1. The van der Waals surface area contributed by atoms with E-state index in [9.17, 15) is 0 Å². The first-order valence-corrected chi connectivity index (χ1v) is 9.13. The lowest BCUT2D eigenvalue weighted by Gasteiger charge is -2.17. The minimum absolute atomic E-state index is 0.107. The molecule has 26 heavy (non-hydrogen) atoms. The normalized spacial score (nSPS) is 11.8. The van der Waals surface area contributed by atoms with E-state index in [1.807, 2.05) is 30.3 Å². The molecule has 0 saturated carbocycles. The summed E-state index contributed by atoms with van der Waals surface area (Å²) in [6.07, 6.45) is 0.749. The Morgan fingerprint density at radius 1 is 0.962 bits per heavy atom. The lowest BCUT2D eigenvalue weighted by molar-refractivity contribution is -0.368. The zero-order chi connectivity index (χ0) is 18.5. The summed E-state index contributed by atoms with van der Waals surface area (Å²) in [5, 5.41) is 2.76. The molecule has 0 fully saturated rings. The maximum atomic E-state index is 5.93. The van der Waals surface area contributed by atoms with Crippen LogP contribution in [0, 0.1) is 0 Å². The van der Waals surface area contributed by atoms with Gasteiger partial charge < -0.3 is 14.2 Å². The van der Waals surface area contributed by atoms with Gasteiger partial charge in [-0.25, -0.2) is 4.98 Å². The fraction of sp³-hybridized carbons (Fsp3) is 0.250. The predicted molar refractivity (Wildman–Crippen MR) is 103 cm³/mol. The number of hydrogen-bond acceptors (Lipinski definition) is 5. The van der Waals surface area contributed by atoms with Gasteiger partial charge in [-0.05, 0) is 47.9 Å². The van der Waals surface area contributed by atoms with Crippen molar-refractivity contribution in [3.05, 3.63) is 64.7 Å². The first kappa shape index (κ1) is 18.1. The third-order valence-corrected chi connectivity index (χ3v) is 5.11. The van der Waals surface area contributed by atoms with E-state index in [4.69, 9.17) is 19.9 Å². The van der Waals surface area contributed by atoms with E-state index in [1.54, 1.807) is 21.3 Å². The van der Waals surface area contributed by atoms with Crippen LogP contribution in [0.3, 0.4) is 0 Å². The van der Waals surface area contributed by atoms with Crippen LogP contribution < -0.4 is 24.9 Å². The maximum Gasteiger partial charge on any atom is 0.329 e. The summed E-state index contributed by atoms with van der Waals surface area (Å²) >= 11 is 1.50. The van der Waals surface area contributed by atoms with Crippen LogP contribution in [0.25, 0.3) is 0 Å². The number of aromatic nitrogens is 1. The van der Waals surface area contributed by atoms with Crippen molar-refractivity contribution in [3.63, 3.8) is 0 Å². The highest BCUT2D eigenvalue weighted by Crippen LogP contribution is 2.34. The highest BCUT2D eigenvalue weighted by molar-refractivity contribution is 7.13. The molecule has 2 aromatic carbocycles. The highest BCUT2D eigenvalue weighted by atomic mass is 32.1. The van der Waals surface area contributed by atoms with Crippen molar-refractivity contribution in [1.82, 2.24) is 0 Å². The number of H-pyrrole nitrogens is 1. The van der Waals surface area contributed by atoms with Crippen molar-refractivity contribution < 1.29 is 19.2 Å². The molecule has 0 aliphatic rings. The van der Waals surface area contributed by atoms with Gasteiger partial charge in [0.1, 0.15) is 22.9 Å². The van der Waals surface area contributed by atoms with E-state index < -0.39 is 0 Å². The number of thiazole rings is 1. The van der Waals surface area contributed by atoms with Gasteiger partial charge in [0.2, 0.25) is 0 Å². The molecule has 0 aliphatic heterocycles. The van der Waals surface area contributed by atoms with Gasteiger partial charge in [-0.3, -0.25) is 5.73 Å². The van der Waals surface area contributed by atoms with Gasteiger partial charge in [0, 0.05) is 5.38 Å². The number of anilines is 1. The molecule has 1 atom stereocenters. The van der Waals surface area contributed by atoms with Crippen LogP contribution in [0.4, 0.5) is 5.13 Å². The van der Waals surface area contributed by atoms with E-state index in [2.05, 4.69) is 22.5 Å². The first-order chi connectivity index (χ1) is 12.6. The Morgan fingerprint density at radius 2 is 1.65 bits per heavy atom. The monoisotopic (exact) mass is 371 g/mol. The summed E-state index contributed by atoms with van der Waals surface area (Å²) in [6, 6.07) is 14.0. The quantitative estimate of drug-likeness (QED) is 0.690. The molecular formula is C20H23N2O3S+. The SMILES string of the molecule is COc1ccc(C(Cc2cc(OC)ccc2OC)c2csc(N)[nH+]2)cc1. The zero-order valence-corrected chi connectivity index (χ0v) is 15.9. The number of ether oxygens (including phenoxy) is 3. The number of methoxy groups -OCH3 is 3. The van der Waals surface area contributed by atoms with Gasteiger partial charge in [-0.2, -0.15) is 0 Å². The molecule has 0 spiro atoms. The summed E-state index contributed by atoms with van der Waals surface area (Å²) < 4.78 is 16.2. The van der Waals surface area contributed by atoms with Gasteiger partial charge in [0.15, 0.2) is 0 Å². The van der Waals surface area contributed by atoms with Crippen molar-refractivity contribution in [3.8, 4) is 17.2 Å². The molecule has 136 valence electrons. The zero-order valence-electron chi connectivity index (χ0n) is 15.1. The van der Waals surface area contributed by atoms with Crippen LogP contribution >= 0.6 is 11.3 Å². The van der Waals surface area contributed by atoms with Crippen LogP contribution in [0.5, 0.6) is 17.2 Å². The van der Waals surface area contributed by atoms with E-state index in [0.29, 0.717) is 5.13 Å². The second kappa shape index (κ2) is 8.10. The van der Waals surface area contributed by atoms with Gasteiger partial charge in [-0.15, -0.1) is 0 Å². The van der Waals surface area contributed by atoms with Crippen LogP contribution in [-0.2, 0) is 6.42 Å². The lowest BCUT2D eigenvalue weighted by atomic mass is 9.89. The molecule has 0 bridgehead atoms. The molecule has 0 radical (unpaired) electrons. The molecule has 3 N–H and O–H groups in total. The molecule has 3 rings (SSSR count). The Hall–Kier alpha value is -2.73. The highest BCUT2D eigenvalue weighted by Gasteiger charge is 2.22. The molecule has 6 heteroatoms. The van der Waals surface area contributed by atoms with E-state index >= 15 is 0 Å². The van der Waals surface area contributed by atoms with Crippen molar-refractivity contribution in [1.29, 1.82) is 0 Å². The Morgan fingerprint density at radius 3 is 2.23 bits per heavy atom. The largest absolute Gasteiger partial charge is 0.497 e. The predicted octanol–water partition coefficient (Wildman–Crippen LogP) is 3.54. The van der Waals surface area contributed by atoms with Gasteiger partial charge in [-0.1, -0.05) is 23.5 Å². The summed E-state index contributed by atoms with van der Waals surface area (Å²) in [6.45, 7) is 0. The van der Waals surface area contributed by atoms with E-state index in [-0.39, 0.29) is 5.92 Å². The Kier molecular flexibility index (Phi) is 5.63. The van der Waals surface area contributed by atoms with Crippen LogP contribution in [-0.4, -0.2) is 21.3 Å². The molecule has 5 nitrogen and oxygen atoms in total. The number of benzene rings is 2. The van der Waals surface area contributed by atoms with Gasteiger partial charge in [0.05, 0.1) is 27.2 Å². The topological polar surface area (TPSA) is 67.8 Å². The minimum Gasteiger partial charge on any atom is -0.497 e. The lowest BCUT2D eigenvalue weighted by Crippen LogP contribution is -2.17. The van der Waals surface area contributed by atoms with Crippen LogP contribution in [0.1, 0.15) is 22.7 Å². The second-order valence-electron chi connectivity index (χ2n) is 5.89. The van der Waals surface area contributed by atoms with Crippen LogP contribution in [0.15, 0.2) is 47.8 Å². The number of nitrogens with one attached hydrogen (secondary N) is 1. The molecule has 0 aliphatic carbocycles. The van der Waals surface area contributed by atoms with Crippen molar-refractivity contribution in [2.45, 2.75) is 12.3 Å². The minimum atomic E-state index is 0.107. The third-order valence-electron chi connectivity index (χ3n) is 4.39. The molecule has 1 aromatic heterocycles. The Bertz CT molecular complexity index is 862.